The molecule has 0 heterocycles. The first kappa shape index (κ1) is 14.8. The molecule has 2 N–H and O–H groups in total. The lowest BCUT2D eigenvalue weighted by atomic mass is 9.99. The molecule has 0 spiro atoms. The van der Waals surface area contributed by atoms with E-state index in [0.29, 0.717) is 5.56 Å². The Labute approximate surface area is 124 Å². The van der Waals surface area contributed by atoms with E-state index in [0.717, 1.165) is 0 Å². The van der Waals surface area contributed by atoms with Crippen LogP contribution in [0, 0.1) is 5.82 Å². The summed E-state index contributed by atoms with van der Waals surface area (Å²) in [4.78, 5) is 10.8. The molecule has 0 aliphatic rings. The number of carbonyl (C=O) groups is 1. The molecule has 2 aromatic rings. The van der Waals surface area contributed by atoms with Crippen LogP contribution in [0.15, 0.2) is 36.4 Å². The molecule has 0 radical (unpaired) electrons. The van der Waals surface area contributed by atoms with Crippen LogP contribution < -0.4 is 0 Å². The van der Waals surface area contributed by atoms with Gasteiger partial charge in [-0.2, -0.15) is 0 Å². The van der Waals surface area contributed by atoms with Crippen LogP contribution >= 0.6 is 23.2 Å². The van der Waals surface area contributed by atoms with Crippen molar-refractivity contribution in [2.24, 2.45) is 0 Å². The van der Waals surface area contributed by atoms with E-state index in [1.54, 1.807) is 18.2 Å². The van der Waals surface area contributed by atoms with Crippen molar-refractivity contribution in [1.29, 1.82) is 0 Å². The summed E-state index contributed by atoms with van der Waals surface area (Å²) in [6.07, 6.45) is -1.94. The minimum atomic E-state index is -1.94. The molecule has 20 heavy (non-hydrogen) atoms. The fraction of sp³-hybridized carbons (Fsp3) is 0.0714. The highest BCUT2D eigenvalue weighted by atomic mass is 35.5. The number of hydrogen-bond donors (Lipinski definition) is 2. The predicted octanol–water partition coefficient (Wildman–Crippen LogP) is 3.92. The normalized spacial score (nSPS) is 12.2. The number of hydrogen-bond acceptors (Lipinski definition) is 2. The zero-order chi connectivity index (χ0) is 14.9. The monoisotopic (exact) mass is 314 g/mol. The first-order valence-electron chi connectivity index (χ1n) is 5.57. The van der Waals surface area contributed by atoms with E-state index in [1.807, 2.05) is 0 Å². The summed E-state index contributed by atoms with van der Waals surface area (Å²) in [5.74, 6) is -2.37. The third-order valence-electron chi connectivity index (χ3n) is 2.80. The molecule has 104 valence electrons. The van der Waals surface area contributed by atoms with Crippen molar-refractivity contribution < 1.29 is 19.4 Å². The molecule has 0 aliphatic carbocycles. The molecule has 2 rings (SSSR count). The van der Waals surface area contributed by atoms with Gasteiger partial charge in [-0.1, -0.05) is 53.5 Å². The second-order valence-electron chi connectivity index (χ2n) is 4.05. The minimum Gasteiger partial charge on any atom is -0.479 e. The molecule has 1 unspecified atom stereocenters. The Balaban J connectivity index is 2.62. The van der Waals surface area contributed by atoms with Crippen molar-refractivity contribution in [3.05, 3.63) is 57.8 Å². The molecule has 0 saturated carbocycles. The van der Waals surface area contributed by atoms with E-state index in [2.05, 4.69) is 0 Å². The van der Waals surface area contributed by atoms with Crippen molar-refractivity contribution in [3.8, 4) is 11.1 Å². The van der Waals surface area contributed by atoms with Crippen LogP contribution in [0.2, 0.25) is 10.0 Å². The zero-order valence-corrected chi connectivity index (χ0v) is 11.5. The molecule has 0 amide bonds. The van der Waals surface area contributed by atoms with E-state index < -0.39 is 17.9 Å². The first-order valence-corrected chi connectivity index (χ1v) is 6.32. The average molecular weight is 315 g/mol. The molecular formula is C14H9Cl2FO3. The van der Waals surface area contributed by atoms with Crippen molar-refractivity contribution in [2.75, 3.05) is 0 Å². The second kappa shape index (κ2) is 5.79. The van der Waals surface area contributed by atoms with Gasteiger partial charge in [-0.25, -0.2) is 9.18 Å². The van der Waals surface area contributed by atoms with Crippen LogP contribution in [0.3, 0.4) is 0 Å². The lowest BCUT2D eigenvalue weighted by molar-refractivity contribution is -0.147. The van der Waals surface area contributed by atoms with E-state index >= 15 is 0 Å². The smallest absolute Gasteiger partial charge is 0.337 e. The van der Waals surface area contributed by atoms with Crippen LogP contribution in [0.1, 0.15) is 11.7 Å². The Morgan fingerprint density at radius 2 is 1.70 bits per heavy atom. The zero-order valence-electron chi connectivity index (χ0n) is 9.98. The maximum absolute atomic E-state index is 14.4. The molecule has 0 aromatic heterocycles. The summed E-state index contributed by atoms with van der Waals surface area (Å²) in [5.41, 5.74) is 0.0810. The highest BCUT2D eigenvalue weighted by Gasteiger charge is 2.23. The Bertz CT molecular complexity index is 673. The molecular weight excluding hydrogens is 306 g/mol. The second-order valence-corrected chi connectivity index (χ2v) is 4.84. The van der Waals surface area contributed by atoms with Gasteiger partial charge in [-0.05, 0) is 6.07 Å². The number of carboxylic acids is 1. The number of halogens is 3. The topological polar surface area (TPSA) is 57.5 Å². The third-order valence-corrected chi connectivity index (χ3v) is 3.62. The molecule has 1 atom stereocenters. The standard InChI is InChI=1S/C14H9Cl2FO3/c15-10-6-2-3-7(11(10)16)8-4-1-5-9(12(8)17)13(18)14(19)20/h1-6,13,18H,(H,19,20). The number of rotatable bonds is 3. The molecule has 3 nitrogen and oxygen atoms in total. The Morgan fingerprint density at radius 3 is 2.35 bits per heavy atom. The van der Waals surface area contributed by atoms with Gasteiger partial charge >= 0.3 is 5.97 Å². The minimum absolute atomic E-state index is 0.0790. The summed E-state index contributed by atoms with van der Waals surface area (Å²) in [7, 11) is 0. The van der Waals surface area contributed by atoms with E-state index in [4.69, 9.17) is 28.3 Å². The fourth-order valence-corrected chi connectivity index (χ4v) is 2.22. The lowest BCUT2D eigenvalue weighted by Crippen LogP contribution is -2.12. The number of carboxylic acid groups (broad SMARTS) is 1. The predicted molar refractivity (Wildman–Crippen MR) is 74.5 cm³/mol. The summed E-state index contributed by atoms with van der Waals surface area (Å²) >= 11 is 11.9. The summed E-state index contributed by atoms with van der Waals surface area (Å²) in [6, 6.07) is 8.80. The van der Waals surface area contributed by atoms with Crippen molar-refractivity contribution in [1.82, 2.24) is 0 Å². The molecule has 0 saturated heterocycles. The van der Waals surface area contributed by atoms with Crippen LogP contribution in [0.5, 0.6) is 0 Å². The maximum atomic E-state index is 14.4. The largest absolute Gasteiger partial charge is 0.479 e. The van der Waals surface area contributed by atoms with E-state index in [1.165, 1.54) is 18.2 Å². The average Bonchev–Trinajstić information content (AvgIpc) is 2.42. The molecule has 0 aliphatic heterocycles. The molecule has 2 aromatic carbocycles. The van der Waals surface area contributed by atoms with Gasteiger partial charge in [0.05, 0.1) is 10.0 Å². The number of benzene rings is 2. The van der Waals surface area contributed by atoms with Gasteiger partial charge in [0.25, 0.3) is 0 Å². The van der Waals surface area contributed by atoms with Crippen molar-refractivity contribution in [3.63, 3.8) is 0 Å². The van der Waals surface area contributed by atoms with E-state index in [9.17, 15) is 14.3 Å². The van der Waals surface area contributed by atoms with Crippen LogP contribution in [0.25, 0.3) is 11.1 Å². The quantitative estimate of drug-likeness (QED) is 0.902. The van der Waals surface area contributed by atoms with Gasteiger partial charge in [-0.15, -0.1) is 0 Å². The van der Waals surface area contributed by atoms with Gasteiger partial charge in [0.15, 0.2) is 6.10 Å². The van der Waals surface area contributed by atoms with Gasteiger partial charge in [0, 0.05) is 16.7 Å². The molecule has 0 bridgehead atoms. The Kier molecular flexibility index (Phi) is 4.28. The number of aliphatic hydroxyl groups excluding tert-OH is 1. The van der Waals surface area contributed by atoms with Gasteiger partial charge in [-0.3, -0.25) is 0 Å². The fourth-order valence-electron chi connectivity index (χ4n) is 1.81. The lowest BCUT2D eigenvalue weighted by Gasteiger charge is -2.12. The summed E-state index contributed by atoms with van der Waals surface area (Å²) in [5, 5.41) is 18.7. The van der Waals surface area contributed by atoms with Crippen LogP contribution in [0.4, 0.5) is 4.39 Å². The molecule has 6 heteroatoms. The third kappa shape index (κ3) is 2.63. The van der Waals surface area contributed by atoms with Gasteiger partial charge < -0.3 is 10.2 Å². The number of aliphatic carboxylic acids is 1. The van der Waals surface area contributed by atoms with Gasteiger partial charge in [0.1, 0.15) is 5.82 Å². The molecule has 0 fully saturated rings. The summed E-state index contributed by atoms with van der Waals surface area (Å²) < 4.78 is 14.4. The van der Waals surface area contributed by atoms with E-state index in [-0.39, 0.29) is 21.2 Å². The van der Waals surface area contributed by atoms with Crippen molar-refractivity contribution >= 4 is 29.2 Å². The van der Waals surface area contributed by atoms with Crippen molar-refractivity contribution in [2.45, 2.75) is 6.10 Å². The maximum Gasteiger partial charge on any atom is 0.337 e. The SMILES string of the molecule is O=C(O)C(O)c1cccc(-c2cccc(Cl)c2Cl)c1F. The van der Waals surface area contributed by atoms with Crippen LogP contribution in [-0.4, -0.2) is 16.2 Å². The number of aliphatic hydroxyl groups is 1. The highest BCUT2D eigenvalue weighted by molar-refractivity contribution is 6.43. The highest BCUT2D eigenvalue weighted by Crippen LogP contribution is 2.36. The Morgan fingerprint density at radius 1 is 1.10 bits per heavy atom. The van der Waals surface area contributed by atoms with Crippen LogP contribution in [-0.2, 0) is 4.79 Å². The summed E-state index contributed by atoms with van der Waals surface area (Å²) in [6.45, 7) is 0. The first-order chi connectivity index (χ1) is 9.43. The van der Waals surface area contributed by atoms with Gasteiger partial charge in [0.2, 0.25) is 0 Å². The Hall–Kier alpha value is -1.62.